The van der Waals surface area contributed by atoms with Crippen molar-refractivity contribution in [3.63, 3.8) is 0 Å². The van der Waals surface area contributed by atoms with Crippen molar-refractivity contribution in [1.29, 1.82) is 0 Å². The molecule has 3 heteroatoms. The van der Waals surface area contributed by atoms with Crippen LogP contribution in [0.4, 0.5) is 0 Å². The van der Waals surface area contributed by atoms with Crippen LogP contribution in [-0.4, -0.2) is 16.0 Å². The number of oxime groups is 1. The number of nitrogens with zero attached hydrogens (tertiary/aromatic N) is 1. The number of aromatic hydroxyl groups is 1. The Kier molecular flexibility index (Phi) is 5.31. The lowest BCUT2D eigenvalue weighted by atomic mass is 10.1. The Morgan fingerprint density at radius 2 is 1.35 bits per heavy atom. The van der Waals surface area contributed by atoms with Crippen molar-refractivity contribution in [2.45, 2.75) is 6.92 Å². The van der Waals surface area contributed by atoms with Gasteiger partial charge in [-0.25, -0.2) is 0 Å². The molecule has 0 aliphatic carbocycles. The van der Waals surface area contributed by atoms with Crippen LogP contribution in [0.3, 0.4) is 0 Å². The lowest BCUT2D eigenvalue weighted by molar-refractivity contribution is 0.319. The first-order valence-electron chi connectivity index (χ1n) is 5.22. The average Bonchev–Trinajstić information content (AvgIpc) is 2.40. The molecule has 0 heterocycles. The topological polar surface area (TPSA) is 52.8 Å². The fourth-order valence-corrected chi connectivity index (χ4v) is 1.17. The number of phenols is 1. The number of rotatable bonds is 1. The van der Waals surface area contributed by atoms with Crippen molar-refractivity contribution in [3.05, 3.63) is 66.2 Å². The molecule has 0 unspecified atom stereocenters. The van der Waals surface area contributed by atoms with E-state index >= 15 is 0 Å². The standard InChI is InChI=1S/C8H9NO.C6H6O/c1-7(9-10)8-5-3-2-4-6-8;7-6-4-2-1-3-5-6/h2-6,10H,1H3;1-5,7H. The average molecular weight is 229 g/mol. The van der Waals surface area contributed by atoms with E-state index in [1.807, 2.05) is 36.4 Å². The molecule has 0 aliphatic rings. The maximum absolute atomic E-state index is 8.63. The molecule has 0 radical (unpaired) electrons. The fraction of sp³-hybridized carbons (Fsp3) is 0.0714. The van der Waals surface area contributed by atoms with Gasteiger partial charge in [-0.3, -0.25) is 0 Å². The van der Waals surface area contributed by atoms with Crippen LogP contribution in [0.25, 0.3) is 0 Å². The largest absolute Gasteiger partial charge is 0.508 e. The third-order valence-electron chi connectivity index (χ3n) is 2.10. The predicted octanol–water partition coefficient (Wildman–Crippen LogP) is 3.28. The maximum atomic E-state index is 8.63. The first-order valence-corrected chi connectivity index (χ1v) is 5.22. The summed E-state index contributed by atoms with van der Waals surface area (Å²) in [5.74, 6) is 0.322. The monoisotopic (exact) mass is 229 g/mol. The maximum Gasteiger partial charge on any atom is 0.115 e. The zero-order valence-corrected chi connectivity index (χ0v) is 9.62. The van der Waals surface area contributed by atoms with E-state index in [-0.39, 0.29) is 0 Å². The fourth-order valence-electron chi connectivity index (χ4n) is 1.17. The van der Waals surface area contributed by atoms with Crippen LogP contribution in [0, 0.1) is 0 Å². The quantitative estimate of drug-likeness (QED) is 0.448. The SMILES string of the molecule is CC(=NO)c1ccccc1.Oc1ccccc1. The molecular formula is C14H15NO2. The van der Waals surface area contributed by atoms with E-state index in [0.29, 0.717) is 11.5 Å². The van der Waals surface area contributed by atoms with Gasteiger partial charge in [0, 0.05) is 0 Å². The summed E-state index contributed by atoms with van der Waals surface area (Å²) in [6.45, 7) is 1.76. The third-order valence-corrected chi connectivity index (χ3v) is 2.10. The normalized spacial score (nSPS) is 10.3. The van der Waals surface area contributed by atoms with Crippen molar-refractivity contribution in [1.82, 2.24) is 0 Å². The van der Waals surface area contributed by atoms with Crippen LogP contribution in [-0.2, 0) is 0 Å². The Bertz CT molecular complexity index is 452. The van der Waals surface area contributed by atoms with Crippen LogP contribution in [0.1, 0.15) is 12.5 Å². The molecule has 0 saturated carbocycles. The first kappa shape index (κ1) is 12.8. The highest BCUT2D eigenvalue weighted by Gasteiger charge is 1.92. The second-order valence-corrected chi connectivity index (χ2v) is 3.39. The van der Waals surface area contributed by atoms with Crippen molar-refractivity contribution in [3.8, 4) is 5.75 Å². The van der Waals surface area contributed by atoms with Crippen LogP contribution in [0.5, 0.6) is 5.75 Å². The molecule has 88 valence electrons. The Hall–Kier alpha value is -2.29. The van der Waals surface area contributed by atoms with E-state index in [4.69, 9.17) is 10.3 Å². The van der Waals surface area contributed by atoms with Crippen molar-refractivity contribution in [2.24, 2.45) is 5.16 Å². The minimum absolute atomic E-state index is 0.322. The summed E-state index contributed by atoms with van der Waals surface area (Å²) in [5.41, 5.74) is 1.59. The number of para-hydroxylation sites is 1. The zero-order chi connectivity index (χ0) is 12.5. The summed E-state index contributed by atoms with van der Waals surface area (Å²) < 4.78 is 0. The lowest BCUT2D eigenvalue weighted by Crippen LogP contribution is -1.92. The Balaban J connectivity index is 0.000000181. The first-order chi connectivity index (χ1) is 8.24. The van der Waals surface area contributed by atoms with Crippen molar-refractivity contribution < 1.29 is 10.3 Å². The number of hydrogen-bond donors (Lipinski definition) is 2. The molecule has 3 nitrogen and oxygen atoms in total. The number of hydrogen-bond acceptors (Lipinski definition) is 3. The molecule has 0 amide bonds. The van der Waals surface area contributed by atoms with Gasteiger partial charge >= 0.3 is 0 Å². The highest BCUT2D eigenvalue weighted by molar-refractivity contribution is 5.98. The predicted molar refractivity (Wildman–Crippen MR) is 68.5 cm³/mol. The van der Waals surface area contributed by atoms with E-state index < -0.39 is 0 Å². The molecule has 0 aliphatic heterocycles. The van der Waals surface area contributed by atoms with Crippen molar-refractivity contribution >= 4 is 5.71 Å². The summed E-state index contributed by atoms with van der Waals surface area (Å²) in [5, 5.41) is 20.1. The molecule has 0 atom stereocenters. The van der Waals surface area contributed by atoms with Gasteiger partial charge in [0.25, 0.3) is 0 Å². The molecule has 0 saturated heterocycles. The van der Waals surface area contributed by atoms with Gasteiger partial charge in [0.05, 0.1) is 5.71 Å². The van der Waals surface area contributed by atoms with Gasteiger partial charge < -0.3 is 10.3 Å². The van der Waals surface area contributed by atoms with E-state index in [1.165, 1.54) is 0 Å². The van der Waals surface area contributed by atoms with E-state index in [9.17, 15) is 0 Å². The minimum atomic E-state index is 0.322. The number of benzene rings is 2. The molecule has 0 fully saturated rings. The Morgan fingerprint density at radius 3 is 1.71 bits per heavy atom. The molecule has 0 aromatic heterocycles. The summed E-state index contributed by atoms with van der Waals surface area (Å²) in [7, 11) is 0. The van der Waals surface area contributed by atoms with E-state index in [0.717, 1.165) is 5.56 Å². The third kappa shape index (κ3) is 4.84. The molecule has 2 N–H and O–H groups in total. The van der Waals surface area contributed by atoms with Gasteiger partial charge in [-0.15, -0.1) is 0 Å². The van der Waals surface area contributed by atoms with Crippen molar-refractivity contribution in [2.75, 3.05) is 0 Å². The summed E-state index contributed by atoms with van der Waals surface area (Å²) in [4.78, 5) is 0. The van der Waals surface area contributed by atoms with Crippen LogP contribution in [0.15, 0.2) is 65.8 Å². The molecule has 2 rings (SSSR count). The van der Waals surface area contributed by atoms with Crippen LogP contribution in [0.2, 0.25) is 0 Å². The highest BCUT2D eigenvalue weighted by Crippen LogP contribution is 2.02. The zero-order valence-electron chi connectivity index (χ0n) is 9.62. The Morgan fingerprint density at radius 1 is 0.882 bits per heavy atom. The van der Waals surface area contributed by atoms with Gasteiger partial charge in [-0.1, -0.05) is 53.7 Å². The van der Waals surface area contributed by atoms with Crippen LogP contribution < -0.4 is 0 Å². The minimum Gasteiger partial charge on any atom is -0.508 e. The molecule has 2 aromatic carbocycles. The molecular weight excluding hydrogens is 214 g/mol. The molecule has 0 bridgehead atoms. The second-order valence-electron chi connectivity index (χ2n) is 3.39. The summed E-state index contributed by atoms with van der Waals surface area (Å²) in [6, 6.07) is 18.2. The van der Waals surface area contributed by atoms with Gasteiger partial charge in [0.1, 0.15) is 5.75 Å². The van der Waals surface area contributed by atoms with Crippen LogP contribution >= 0.6 is 0 Å². The van der Waals surface area contributed by atoms with E-state index in [1.54, 1.807) is 31.2 Å². The number of phenolic OH excluding ortho intramolecular Hbond substituents is 1. The lowest BCUT2D eigenvalue weighted by Gasteiger charge is -1.94. The molecule has 2 aromatic rings. The smallest absolute Gasteiger partial charge is 0.115 e. The van der Waals surface area contributed by atoms with Gasteiger partial charge in [0.15, 0.2) is 0 Å². The molecule has 0 spiro atoms. The summed E-state index contributed by atoms with van der Waals surface area (Å²) >= 11 is 0. The highest BCUT2D eigenvalue weighted by atomic mass is 16.4. The van der Waals surface area contributed by atoms with Gasteiger partial charge in [-0.05, 0) is 24.6 Å². The van der Waals surface area contributed by atoms with Gasteiger partial charge in [0.2, 0.25) is 0 Å². The Labute approximate surface area is 101 Å². The van der Waals surface area contributed by atoms with E-state index in [2.05, 4.69) is 5.16 Å². The second kappa shape index (κ2) is 7.06. The summed E-state index contributed by atoms with van der Waals surface area (Å²) in [6.07, 6.45) is 0. The van der Waals surface area contributed by atoms with Gasteiger partial charge in [-0.2, -0.15) is 0 Å². The molecule has 17 heavy (non-hydrogen) atoms.